The van der Waals surface area contributed by atoms with Crippen LogP contribution in [-0.4, -0.2) is 48.4 Å². The maximum absolute atomic E-state index is 13.2. The van der Waals surface area contributed by atoms with E-state index in [-0.39, 0.29) is 30.0 Å². The van der Waals surface area contributed by atoms with Crippen LogP contribution in [0.15, 0.2) is 47.1 Å². The van der Waals surface area contributed by atoms with Gasteiger partial charge in [-0.1, -0.05) is 0 Å². The number of amides is 4. The molecule has 2 aromatic rings. The molecular weight excluding hydrogens is 403 g/mol. The lowest BCUT2D eigenvalue weighted by Gasteiger charge is -2.35. The SMILES string of the molecule is CCNC(=O)N1CCC([C@@H](NC(=O)c2ccc(F)cc2)C(=O)NCc2ccco2)CC1. The van der Waals surface area contributed by atoms with Crippen LogP contribution in [-0.2, 0) is 11.3 Å². The van der Waals surface area contributed by atoms with E-state index in [1.807, 2.05) is 6.92 Å². The average Bonchev–Trinajstić information content (AvgIpc) is 3.30. The van der Waals surface area contributed by atoms with Crippen LogP contribution in [0.3, 0.4) is 0 Å². The summed E-state index contributed by atoms with van der Waals surface area (Å²) in [6.45, 7) is 3.58. The average molecular weight is 430 g/mol. The highest BCUT2D eigenvalue weighted by Crippen LogP contribution is 2.22. The van der Waals surface area contributed by atoms with Crippen LogP contribution in [0, 0.1) is 11.7 Å². The Kier molecular flexibility index (Phi) is 7.64. The van der Waals surface area contributed by atoms with E-state index in [4.69, 9.17) is 4.42 Å². The number of piperidine rings is 1. The van der Waals surface area contributed by atoms with Gasteiger partial charge in [0.2, 0.25) is 5.91 Å². The van der Waals surface area contributed by atoms with Crippen molar-refractivity contribution in [3.05, 3.63) is 59.8 Å². The van der Waals surface area contributed by atoms with Gasteiger partial charge in [-0.3, -0.25) is 9.59 Å². The molecule has 4 amide bonds. The van der Waals surface area contributed by atoms with E-state index in [1.165, 1.54) is 30.5 Å². The first-order chi connectivity index (χ1) is 15.0. The second kappa shape index (κ2) is 10.6. The quantitative estimate of drug-likeness (QED) is 0.627. The minimum absolute atomic E-state index is 0.130. The molecule has 0 bridgehead atoms. The van der Waals surface area contributed by atoms with Gasteiger partial charge in [-0.25, -0.2) is 9.18 Å². The molecule has 0 spiro atoms. The third kappa shape index (κ3) is 6.07. The number of likely N-dealkylation sites (tertiary alicyclic amines) is 1. The first-order valence-electron chi connectivity index (χ1n) is 10.4. The molecule has 166 valence electrons. The number of furan rings is 1. The predicted molar refractivity (Wildman–Crippen MR) is 112 cm³/mol. The van der Waals surface area contributed by atoms with E-state index < -0.39 is 17.8 Å². The number of hydrogen-bond donors (Lipinski definition) is 3. The van der Waals surface area contributed by atoms with Crippen LogP contribution in [0.2, 0.25) is 0 Å². The molecule has 0 saturated carbocycles. The standard InChI is InChI=1S/C22H27FN4O4/c1-2-24-22(30)27-11-9-15(10-12-27)19(21(29)25-14-18-4-3-13-31-18)26-20(28)16-5-7-17(23)8-6-16/h3-8,13,15,19H,2,9-12,14H2,1H3,(H,24,30)(H,25,29)(H,26,28)/t19-/m1/s1. The van der Waals surface area contributed by atoms with Gasteiger partial charge in [-0.05, 0) is 62.1 Å². The molecule has 0 radical (unpaired) electrons. The zero-order valence-electron chi connectivity index (χ0n) is 17.4. The van der Waals surface area contributed by atoms with Crippen LogP contribution in [0.1, 0.15) is 35.9 Å². The van der Waals surface area contributed by atoms with Gasteiger partial charge >= 0.3 is 6.03 Å². The van der Waals surface area contributed by atoms with Crippen molar-refractivity contribution < 1.29 is 23.2 Å². The Hall–Kier alpha value is -3.36. The van der Waals surface area contributed by atoms with Crippen molar-refractivity contribution in [2.24, 2.45) is 5.92 Å². The monoisotopic (exact) mass is 430 g/mol. The van der Waals surface area contributed by atoms with Gasteiger partial charge in [0.1, 0.15) is 17.6 Å². The Morgan fingerprint density at radius 1 is 1.13 bits per heavy atom. The molecule has 1 aliphatic rings. The minimum Gasteiger partial charge on any atom is -0.467 e. The molecule has 1 saturated heterocycles. The lowest BCUT2D eigenvalue weighted by atomic mass is 9.88. The van der Waals surface area contributed by atoms with E-state index in [9.17, 15) is 18.8 Å². The van der Waals surface area contributed by atoms with E-state index in [1.54, 1.807) is 17.0 Å². The highest BCUT2D eigenvalue weighted by Gasteiger charge is 2.34. The Bertz CT molecular complexity index is 877. The van der Waals surface area contributed by atoms with Gasteiger partial charge in [0.25, 0.3) is 5.91 Å². The molecule has 1 aromatic heterocycles. The molecule has 3 N–H and O–H groups in total. The third-order valence-corrected chi connectivity index (χ3v) is 5.32. The van der Waals surface area contributed by atoms with Crippen molar-refractivity contribution in [3.63, 3.8) is 0 Å². The maximum Gasteiger partial charge on any atom is 0.317 e. The molecular formula is C22H27FN4O4. The van der Waals surface area contributed by atoms with Crippen LogP contribution in [0.4, 0.5) is 9.18 Å². The third-order valence-electron chi connectivity index (χ3n) is 5.32. The highest BCUT2D eigenvalue weighted by atomic mass is 19.1. The number of hydrogen-bond acceptors (Lipinski definition) is 4. The zero-order valence-corrected chi connectivity index (χ0v) is 17.4. The summed E-state index contributed by atoms with van der Waals surface area (Å²) >= 11 is 0. The van der Waals surface area contributed by atoms with Gasteiger partial charge < -0.3 is 25.3 Å². The van der Waals surface area contributed by atoms with E-state index in [0.717, 1.165) is 0 Å². The lowest BCUT2D eigenvalue weighted by molar-refractivity contribution is -0.124. The topological polar surface area (TPSA) is 104 Å². The number of nitrogens with zero attached hydrogens (tertiary/aromatic N) is 1. The first-order valence-corrected chi connectivity index (χ1v) is 10.4. The summed E-state index contributed by atoms with van der Waals surface area (Å²) in [5.41, 5.74) is 0.269. The smallest absolute Gasteiger partial charge is 0.317 e. The van der Waals surface area contributed by atoms with E-state index in [2.05, 4.69) is 16.0 Å². The van der Waals surface area contributed by atoms with Crippen molar-refractivity contribution in [1.29, 1.82) is 0 Å². The number of halogens is 1. The first kappa shape index (κ1) is 22.3. The fraction of sp³-hybridized carbons (Fsp3) is 0.409. The van der Waals surface area contributed by atoms with Crippen molar-refractivity contribution in [3.8, 4) is 0 Å². The Labute approximate surface area is 180 Å². The molecule has 1 aromatic carbocycles. The van der Waals surface area contributed by atoms with Gasteiger partial charge in [-0.2, -0.15) is 0 Å². The summed E-state index contributed by atoms with van der Waals surface area (Å²) in [5.74, 6) is -0.774. The molecule has 0 aliphatic carbocycles. The van der Waals surface area contributed by atoms with Crippen molar-refractivity contribution in [1.82, 2.24) is 20.9 Å². The molecule has 3 rings (SSSR count). The molecule has 0 unspecified atom stereocenters. The summed E-state index contributed by atoms with van der Waals surface area (Å²) in [4.78, 5) is 39.4. The lowest BCUT2D eigenvalue weighted by Crippen LogP contribution is -2.54. The Balaban J connectivity index is 1.67. The minimum atomic E-state index is -0.788. The van der Waals surface area contributed by atoms with Crippen LogP contribution in [0.25, 0.3) is 0 Å². The number of rotatable bonds is 7. The summed E-state index contributed by atoms with van der Waals surface area (Å²) < 4.78 is 18.4. The normalized spacial score (nSPS) is 15.2. The number of carbonyl (C=O) groups excluding carboxylic acids is 3. The number of benzene rings is 1. The number of nitrogens with one attached hydrogen (secondary N) is 3. The molecule has 2 heterocycles. The molecule has 9 heteroatoms. The highest BCUT2D eigenvalue weighted by molar-refractivity contribution is 5.97. The van der Waals surface area contributed by atoms with Gasteiger partial charge in [0.15, 0.2) is 0 Å². The second-order valence-corrected chi connectivity index (χ2v) is 7.42. The number of urea groups is 1. The van der Waals surface area contributed by atoms with Crippen LogP contribution in [0.5, 0.6) is 0 Å². The Morgan fingerprint density at radius 2 is 1.84 bits per heavy atom. The number of carbonyl (C=O) groups is 3. The second-order valence-electron chi connectivity index (χ2n) is 7.42. The van der Waals surface area contributed by atoms with E-state index >= 15 is 0 Å². The molecule has 1 atom stereocenters. The van der Waals surface area contributed by atoms with Crippen LogP contribution < -0.4 is 16.0 Å². The summed E-state index contributed by atoms with van der Waals surface area (Å²) in [6.07, 6.45) is 2.66. The van der Waals surface area contributed by atoms with Gasteiger partial charge in [0, 0.05) is 25.2 Å². The largest absolute Gasteiger partial charge is 0.467 e. The molecule has 1 fully saturated rings. The fourth-order valence-electron chi connectivity index (χ4n) is 3.62. The molecule has 31 heavy (non-hydrogen) atoms. The summed E-state index contributed by atoms with van der Waals surface area (Å²) in [6, 6.07) is 7.71. The fourth-order valence-corrected chi connectivity index (χ4v) is 3.62. The molecule has 1 aliphatic heterocycles. The van der Waals surface area contributed by atoms with Gasteiger partial charge in [0.05, 0.1) is 12.8 Å². The molecule has 8 nitrogen and oxygen atoms in total. The summed E-state index contributed by atoms with van der Waals surface area (Å²) in [7, 11) is 0. The van der Waals surface area contributed by atoms with Gasteiger partial charge in [-0.15, -0.1) is 0 Å². The van der Waals surface area contributed by atoms with Crippen molar-refractivity contribution in [2.45, 2.75) is 32.4 Å². The zero-order chi connectivity index (χ0) is 22.2. The van der Waals surface area contributed by atoms with Crippen molar-refractivity contribution >= 4 is 17.8 Å². The Morgan fingerprint density at radius 3 is 2.45 bits per heavy atom. The van der Waals surface area contributed by atoms with E-state index in [0.29, 0.717) is 38.2 Å². The predicted octanol–water partition coefficient (Wildman–Crippen LogP) is 2.28. The maximum atomic E-state index is 13.2. The summed E-state index contributed by atoms with van der Waals surface area (Å²) in [5, 5.41) is 8.37. The van der Waals surface area contributed by atoms with Crippen molar-refractivity contribution in [2.75, 3.05) is 19.6 Å². The van der Waals surface area contributed by atoms with Crippen LogP contribution >= 0.6 is 0 Å².